The second kappa shape index (κ2) is 5.91. The minimum absolute atomic E-state index is 0.0489. The van der Waals surface area contributed by atoms with Crippen molar-refractivity contribution in [2.24, 2.45) is 0 Å². The fourth-order valence-electron chi connectivity index (χ4n) is 2.26. The first-order chi connectivity index (χ1) is 9.42. The summed E-state index contributed by atoms with van der Waals surface area (Å²) in [6.07, 6.45) is -6.69. The summed E-state index contributed by atoms with van der Waals surface area (Å²) in [6, 6.07) is 6.22. The van der Waals surface area contributed by atoms with Crippen LogP contribution in [0.5, 0.6) is 0 Å². The molecule has 0 aliphatic heterocycles. The lowest BCUT2D eigenvalue weighted by Crippen LogP contribution is -2.43. The third-order valence-electron chi connectivity index (χ3n) is 3.67. The number of halogens is 5. The van der Waals surface area contributed by atoms with E-state index in [0.717, 1.165) is 6.92 Å². The van der Waals surface area contributed by atoms with Crippen LogP contribution in [0.1, 0.15) is 50.7 Å². The molecule has 0 aromatic heterocycles. The maximum absolute atomic E-state index is 13.2. The van der Waals surface area contributed by atoms with Gasteiger partial charge in [-0.15, -0.1) is 0 Å². The van der Waals surface area contributed by atoms with Gasteiger partial charge in [0.15, 0.2) is 0 Å². The molecule has 0 fully saturated rings. The molecule has 0 aliphatic carbocycles. The Bertz CT molecular complexity index is 479. The molecule has 0 radical (unpaired) electrons. The molecule has 0 saturated carbocycles. The van der Waals surface area contributed by atoms with Crippen molar-refractivity contribution >= 4 is 0 Å². The van der Waals surface area contributed by atoms with Crippen molar-refractivity contribution in [3.8, 4) is 0 Å². The zero-order valence-corrected chi connectivity index (χ0v) is 12.1. The smallest absolute Gasteiger partial charge is 0.385 e. The molecule has 1 rings (SSSR count). The lowest BCUT2D eigenvalue weighted by Gasteiger charge is -2.32. The average molecular weight is 310 g/mol. The zero-order valence-electron chi connectivity index (χ0n) is 12.1. The lowest BCUT2D eigenvalue weighted by atomic mass is 9.82. The Kier molecular flexibility index (Phi) is 5.03. The molecule has 0 saturated heterocycles. The Hall–Kier alpha value is -1.17. The van der Waals surface area contributed by atoms with Gasteiger partial charge in [-0.1, -0.05) is 38.1 Å². The van der Waals surface area contributed by atoms with Crippen LogP contribution in [0.2, 0.25) is 0 Å². The van der Waals surface area contributed by atoms with Crippen LogP contribution in [0.3, 0.4) is 0 Å². The minimum atomic E-state index is -5.68. The highest BCUT2D eigenvalue weighted by atomic mass is 19.4. The van der Waals surface area contributed by atoms with E-state index in [4.69, 9.17) is 0 Å². The maximum atomic E-state index is 13.2. The summed E-state index contributed by atoms with van der Waals surface area (Å²) in [5.41, 5.74) is -1.56. The summed E-state index contributed by atoms with van der Waals surface area (Å²) in [7, 11) is 0. The molecule has 0 bridgehead atoms. The second-order valence-electron chi connectivity index (χ2n) is 5.55. The summed E-state index contributed by atoms with van der Waals surface area (Å²) in [4.78, 5) is 0. The van der Waals surface area contributed by atoms with Crippen LogP contribution >= 0.6 is 0 Å². The van der Waals surface area contributed by atoms with Crippen molar-refractivity contribution in [2.75, 3.05) is 0 Å². The molecule has 1 aromatic carbocycles. The van der Waals surface area contributed by atoms with Gasteiger partial charge in [-0.25, -0.2) is 0 Å². The van der Waals surface area contributed by atoms with Gasteiger partial charge in [0, 0.05) is 0 Å². The number of rotatable bonds is 5. The van der Waals surface area contributed by atoms with Crippen molar-refractivity contribution in [3.05, 3.63) is 35.4 Å². The fraction of sp³-hybridized carbons (Fsp3) is 0.600. The Morgan fingerprint density at radius 3 is 2.10 bits per heavy atom. The highest BCUT2D eigenvalue weighted by Crippen LogP contribution is 2.45. The summed E-state index contributed by atoms with van der Waals surface area (Å²) < 4.78 is 63.5. The molecule has 120 valence electrons. The van der Waals surface area contributed by atoms with Crippen LogP contribution in [-0.2, 0) is 5.60 Å². The van der Waals surface area contributed by atoms with Gasteiger partial charge < -0.3 is 5.11 Å². The van der Waals surface area contributed by atoms with Crippen LogP contribution in [0.15, 0.2) is 24.3 Å². The van der Waals surface area contributed by atoms with Crippen molar-refractivity contribution in [2.45, 2.75) is 57.2 Å². The van der Waals surface area contributed by atoms with Crippen LogP contribution in [-0.4, -0.2) is 17.2 Å². The minimum Gasteiger partial charge on any atom is -0.385 e. The van der Waals surface area contributed by atoms with Gasteiger partial charge in [-0.05, 0) is 30.4 Å². The van der Waals surface area contributed by atoms with E-state index in [0.29, 0.717) is 12.0 Å². The van der Waals surface area contributed by atoms with Crippen molar-refractivity contribution in [1.29, 1.82) is 0 Å². The third-order valence-corrected chi connectivity index (χ3v) is 3.67. The average Bonchev–Trinajstić information content (AvgIpc) is 2.35. The number of hydrogen-bond acceptors (Lipinski definition) is 1. The van der Waals surface area contributed by atoms with E-state index in [9.17, 15) is 27.1 Å². The van der Waals surface area contributed by atoms with Crippen molar-refractivity contribution in [1.82, 2.24) is 0 Å². The van der Waals surface area contributed by atoms with E-state index in [1.54, 1.807) is 12.1 Å². The molecule has 2 atom stereocenters. The number of alkyl halides is 5. The molecular formula is C15H19F5O. The highest BCUT2D eigenvalue weighted by molar-refractivity contribution is 5.34. The molecule has 0 amide bonds. The van der Waals surface area contributed by atoms with E-state index < -0.39 is 24.1 Å². The highest BCUT2D eigenvalue weighted by Gasteiger charge is 2.60. The number of hydrogen-bond donors (Lipinski definition) is 1. The summed E-state index contributed by atoms with van der Waals surface area (Å²) in [6.45, 7) is 4.70. The van der Waals surface area contributed by atoms with Gasteiger partial charge in [0.05, 0.1) is 12.0 Å². The predicted octanol–water partition coefficient (Wildman–Crippen LogP) is 5.00. The van der Waals surface area contributed by atoms with Crippen molar-refractivity contribution < 1.29 is 27.1 Å². The first-order valence-electron chi connectivity index (χ1n) is 6.68. The van der Waals surface area contributed by atoms with E-state index in [-0.39, 0.29) is 11.5 Å². The SMILES string of the molecule is CCC(C)c1ccccc1C(C)(O)CC(F)(F)C(F)(F)F. The largest absolute Gasteiger partial charge is 0.453 e. The molecular weight excluding hydrogens is 291 g/mol. The van der Waals surface area contributed by atoms with Crippen molar-refractivity contribution in [3.63, 3.8) is 0 Å². The van der Waals surface area contributed by atoms with Crippen LogP contribution in [0, 0.1) is 0 Å². The molecule has 0 heterocycles. The lowest BCUT2D eigenvalue weighted by molar-refractivity contribution is -0.297. The summed E-state index contributed by atoms with van der Waals surface area (Å²) >= 11 is 0. The molecule has 0 aliphatic rings. The van der Waals surface area contributed by atoms with Gasteiger partial charge in [0.1, 0.15) is 0 Å². The van der Waals surface area contributed by atoms with Gasteiger partial charge in [0.25, 0.3) is 0 Å². The Balaban J connectivity index is 3.20. The molecule has 1 nitrogen and oxygen atoms in total. The Labute approximate surface area is 120 Å². The fourth-order valence-corrected chi connectivity index (χ4v) is 2.26. The quantitative estimate of drug-likeness (QED) is 0.759. The summed E-state index contributed by atoms with van der Waals surface area (Å²) in [5.74, 6) is -4.99. The molecule has 2 unspecified atom stereocenters. The van der Waals surface area contributed by atoms with E-state index in [2.05, 4.69) is 0 Å². The predicted molar refractivity (Wildman–Crippen MR) is 70.3 cm³/mol. The van der Waals surface area contributed by atoms with Crippen LogP contribution in [0.25, 0.3) is 0 Å². The zero-order chi connectivity index (χ0) is 16.5. The standard InChI is InChI=1S/C15H19F5O/c1-4-10(2)11-7-5-6-8-12(11)13(3,21)9-14(16,17)15(18,19)20/h5-8,10,21H,4,9H2,1-3H3. The third kappa shape index (κ3) is 3.93. The number of benzene rings is 1. The first-order valence-corrected chi connectivity index (χ1v) is 6.68. The Morgan fingerprint density at radius 2 is 1.62 bits per heavy atom. The van der Waals surface area contributed by atoms with Gasteiger partial charge in [-0.2, -0.15) is 22.0 Å². The molecule has 0 spiro atoms. The molecule has 21 heavy (non-hydrogen) atoms. The van der Waals surface area contributed by atoms with Gasteiger partial charge in [0.2, 0.25) is 0 Å². The molecule has 1 N–H and O–H groups in total. The number of aliphatic hydroxyl groups is 1. The van der Waals surface area contributed by atoms with Crippen LogP contribution in [0.4, 0.5) is 22.0 Å². The molecule has 6 heteroatoms. The van der Waals surface area contributed by atoms with E-state index in [1.807, 2.05) is 13.8 Å². The first kappa shape index (κ1) is 17.9. The normalized spacial score (nSPS) is 17.4. The van der Waals surface area contributed by atoms with E-state index >= 15 is 0 Å². The molecule has 1 aromatic rings. The Morgan fingerprint density at radius 1 is 1.10 bits per heavy atom. The maximum Gasteiger partial charge on any atom is 0.453 e. The topological polar surface area (TPSA) is 20.2 Å². The van der Waals surface area contributed by atoms with Crippen LogP contribution < -0.4 is 0 Å². The second-order valence-corrected chi connectivity index (χ2v) is 5.55. The van der Waals surface area contributed by atoms with Gasteiger partial charge >= 0.3 is 12.1 Å². The van der Waals surface area contributed by atoms with E-state index in [1.165, 1.54) is 12.1 Å². The summed E-state index contributed by atoms with van der Waals surface area (Å²) in [5, 5.41) is 10.2. The van der Waals surface area contributed by atoms with Gasteiger partial charge in [-0.3, -0.25) is 0 Å². The monoisotopic (exact) mass is 310 g/mol.